The van der Waals surface area contributed by atoms with Crippen molar-refractivity contribution in [3.63, 3.8) is 0 Å². The van der Waals surface area contributed by atoms with Crippen LogP contribution >= 0.6 is 0 Å². The Balaban J connectivity index is 2.44. The van der Waals surface area contributed by atoms with Crippen LogP contribution in [-0.4, -0.2) is 4.98 Å². The number of nitrogens with zero attached hydrogens (tertiary/aromatic N) is 2. The molecular formula is C14H12N2O. The normalized spacial score (nSPS) is 9.71. The molecule has 84 valence electrons. The minimum Gasteiger partial charge on any atom is -0.454 e. The highest BCUT2D eigenvalue weighted by molar-refractivity contribution is 5.50. The molecule has 2 rings (SSSR count). The van der Waals surface area contributed by atoms with Gasteiger partial charge in [-0.25, -0.2) is 0 Å². The Hall–Kier alpha value is -2.34. The first-order chi connectivity index (χ1) is 8.22. The maximum atomic E-state index is 9.04. The second-order valence-electron chi connectivity index (χ2n) is 3.75. The summed E-state index contributed by atoms with van der Waals surface area (Å²) in [6, 6.07) is 11.3. The highest BCUT2D eigenvalue weighted by atomic mass is 16.5. The van der Waals surface area contributed by atoms with E-state index in [1.165, 1.54) is 0 Å². The number of ether oxygens (including phenoxy) is 1. The number of para-hydroxylation sites is 1. The number of nitriles is 1. The minimum atomic E-state index is 0.535. The zero-order valence-corrected chi connectivity index (χ0v) is 9.77. The molecule has 0 radical (unpaired) electrons. The molecule has 0 spiro atoms. The third kappa shape index (κ3) is 2.26. The second kappa shape index (κ2) is 4.67. The van der Waals surface area contributed by atoms with E-state index >= 15 is 0 Å². The van der Waals surface area contributed by atoms with Crippen LogP contribution in [0.2, 0.25) is 0 Å². The first-order valence-corrected chi connectivity index (χ1v) is 5.31. The van der Waals surface area contributed by atoms with E-state index in [0.717, 1.165) is 11.3 Å². The fourth-order valence-electron chi connectivity index (χ4n) is 1.56. The average Bonchev–Trinajstić information content (AvgIpc) is 2.34. The van der Waals surface area contributed by atoms with Crippen molar-refractivity contribution in [3.05, 3.63) is 53.3 Å². The summed E-state index contributed by atoms with van der Waals surface area (Å²) in [6.07, 6.45) is 1.71. The van der Waals surface area contributed by atoms with E-state index in [1.54, 1.807) is 12.3 Å². The highest BCUT2D eigenvalue weighted by Crippen LogP contribution is 2.29. The van der Waals surface area contributed by atoms with Gasteiger partial charge in [-0.3, -0.25) is 4.98 Å². The van der Waals surface area contributed by atoms with Crippen LogP contribution in [0.3, 0.4) is 0 Å². The molecule has 0 saturated carbocycles. The number of pyridine rings is 1. The lowest BCUT2D eigenvalue weighted by molar-refractivity contribution is 0.470. The monoisotopic (exact) mass is 224 g/mol. The molecule has 1 aromatic carbocycles. The van der Waals surface area contributed by atoms with Gasteiger partial charge in [0.15, 0.2) is 0 Å². The topological polar surface area (TPSA) is 45.9 Å². The third-order valence-electron chi connectivity index (χ3n) is 2.50. The fourth-order valence-corrected chi connectivity index (χ4v) is 1.56. The quantitative estimate of drug-likeness (QED) is 0.785. The average molecular weight is 224 g/mol. The molecule has 0 atom stereocenters. The molecule has 3 heteroatoms. The fraction of sp³-hybridized carbons (Fsp3) is 0.143. The molecule has 3 nitrogen and oxygen atoms in total. The van der Waals surface area contributed by atoms with Crippen LogP contribution in [0.5, 0.6) is 11.5 Å². The Morgan fingerprint density at radius 2 is 2.00 bits per heavy atom. The summed E-state index contributed by atoms with van der Waals surface area (Å²) in [7, 11) is 0. The summed E-state index contributed by atoms with van der Waals surface area (Å²) in [5.74, 6) is 1.28. The van der Waals surface area contributed by atoms with Gasteiger partial charge in [-0.05, 0) is 37.6 Å². The number of hydrogen-bond acceptors (Lipinski definition) is 3. The van der Waals surface area contributed by atoms with Crippen molar-refractivity contribution in [1.29, 1.82) is 5.26 Å². The van der Waals surface area contributed by atoms with Crippen molar-refractivity contribution < 1.29 is 4.74 Å². The maximum Gasteiger partial charge on any atom is 0.148 e. The van der Waals surface area contributed by atoms with Gasteiger partial charge in [0.05, 0.1) is 11.3 Å². The number of aryl methyl sites for hydroxylation is 2. The molecule has 0 aliphatic carbocycles. The van der Waals surface area contributed by atoms with Crippen molar-refractivity contribution in [3.8, 4) is 17.6 Å². The van der Waals surface area contributed by atoms with Crippen LogP contribution in [0.4, 0.5) is 0 Å². The Bertz CT molecular complexity index is 585. The number of hydrogen-bond donors (Lipinski definition) is 0. The highest BCUT2D eigenvalue weighted by Gasteiger charge is 2.09. The van der Waals surface area contributed by atoms with Gasteiger partial charge >= 0.3 is 0 Å². The Morgan fingerprint density at radius 1 is 1.18 bits per heavy atom. The Kier molecular flexibility index (Phi) is 3.06. The lowest BCUT2D eigenvalue weighted by Gasteiger charge is -2.11. The predicted octanol–water partition coefficient (Wildman–Crippen LogP) is 3.36. The van der Waals surface area contributed by atoms with E-state index in [1.807, 2.05) is 38.1 Å². The second-order valence-corrected chi connectivity index (χ2v) is 3.75. The van der Waals surface area contributed by atoms with Crippen molar-refractivity contribution in [2.75, 3.05) is 0 Å². The van der Waals surface area contributed by atoms with Gasteiger partial charge < -0.3 is 4.74 Å². The third-order valence-corrected chi connectivity index (χ3v) is 2.50. The molecule has 0 saturated heterocycles. The van der Waals surface area contributed by atoms with Gasteiger partial charge in [-0.2, -0.15) is 5.26 Å². The SMILES string of the molecule is Cc1cccc(C#N)c1Oc1cccnc1C. The zero-order valence-electron chi connectivity index (χ0n) is 9.77. The molecule has 0 bridgehead atoms. The molecule has 1 aromatic heterocycles. The first-order valence-electron chi connectivity index (χ1n) is 5.31. The van der Waals surface area contributed by atoms with Crippen LogP contribution in [0.1, 0.15) is 16.8 Å². The van der Waals surface area contributed by atoms with Crippen LogP contribution in [0.15, 0.2) is 36.5 Å². The lowest BCUT2D eigenvalue weighted by atomic mass is 10.1. The molecular weight excluding hydrogens is 212 g/mol. The Morgan fingerprint density at radius 3 is 2.71 bits per heavy atom. The van der Waals surface area contributed by atoms with Gasteiger partial charge in [-0.1, -0.05) is 12.1 Å². The van der Waals surface area contributed by atoms with Crippen molar-refractivity contribution in [1.82, 2.24) is 4.98 Å². The molecule has 0 amide bonds. The summed E-state index contributed by atoms with van der Waals surface area (Å²) in [5.41, 5.74) is 2.28. The van der Waals surface area contributed by atoms with Gasteiger partial charge in [0.25, 0.3) is 0 Å². The molecule has 1 heterocycles. The number of aromatic nitrogens is 1. The first kappa shape index (κ1) is 11.2. The van der Waals surface area contributed by atoms with Crippen molar-refractivity contribution in [2.45, 2.75) is 13.8 Å². The van der Waals surface area contributed by atoms with E-state index in [0.29, 0.717) is 17.1 Å². The Labute approximate surface area is 100 Å². The van der Waals surface area contributed by atoms with E-state index in [-0.39, 0.29) is 0 Å². The summed E-state index contributed by atoms with van der Waals surface area (Å²) in [4.78, 5) is 4.15. The van der Waals surface area contributed by atoms with Gasteiger partial charge in [0.1, 0.15) is 17.6 Å². The zero-order chi connectivity index (χ0) is 12.3. The van der Waals surface area contributed by atoms with Crippen LogP contribution in [-0.2, 0) is 0 Å². The molecule has 0 aliphatic rings. The number of rotatable bonds is 2. The molecule has 2 aromatic rings. The minimum absolute atomic E-state index is 0.535. The summed E-state index contributed by atoms with van der Waals surface area (Å²) in [6.45, 7) is 3.79. The van der Waals surface area contributed by atoms with E-state index in [4.69, 9.17) is 10.00 Å². The standard InChI is InChI=1S/C14H12N2O/c1-10-5-3-6-12(9-15)14(10)17-13-7-4-8-16-11(13)2/h3-8H,1-2H3. The van der Waals surface area contributed by atoms with Crippen LogP contribution in [0.25, 0.3) is 0 Å². The van der Waals surface area contributed by atoms with Crippen LogP contribution in [0, 0.1) is 25.2 Å². The summed E-state index contributed by atoms with van der Waals surface area (Å²) < 4.78 is 5.78. The largest absolute Gasteiger partial charge is 0.454 e. The molecule has 0 unspecified atom stereocenters. The summed E-state index contributed by atoms with van der Waals surface area (Å²) >= 11 is 0. The van der Waals surface area contributed by atoms with Crippen molar-refractivity contribution >= 4 is 0 Å². The van der Waals surface area contributed by atoms with Crippen LogP contribution < -0.4 is 4.74 Å². The van der Waals surface area contributed by atoms with Gasteiger partial charge in [0.2, 0.25) is 0 Å². The molecule has 17 heavy (non-hydrogen) atoms. The van der Waals surface area contributed by atoms with E-state index in [9.17, 15) is 0 Å². The van der Waals surface area contributed by atoms with E-state index < -0.39 is 0 Å². The molecule has 0 N–H and O–H groups in total. The lowest BCUT2D eigenvalue weighted by Crippen LogP contribution is -1.94. The summed E-state index contributed by atoms with van der Waals surface area (Å²) in [5, 5.41) is 9.04. The number of benzene rings is 1. The van der Waals surface area contributed by atoms with Gasteiger partial charge in [-0.15, -0.1) is 0 Å². The predicted molar refractivity (Wildman–Crippen MR) is 64.9 cm³/mol. The maximum absolute atomic E-state index is 9.04. The smallest absolute Gasteiger partial charge is 0.148 e. The van der Waals surface area contributed by atoms with Gasteiger partial charge in [0, 0.05) is 6.20 Å². The van der Waals surface area contributed by atoms with Crippen molar-refractivity contribution in [2.24, 2.45) is 0 Å². The van der Waals surface area contributed by atoms with E-state index in [2.05, 4.69) is 11.1 Å². The molecule has 0 aliphatic heterocycles. The molecule has 0 fully saturated rings.